The predicted molar refractivity (Wildman–Crippen MR) is 195 cm³/mol. The molecule has 0 heteroatoms. The molecule has 0 bridgehead atoms. The molecule has 45 heavy (non-hydrogen) atoms. The fourth-order valence-electron chi connectivity index (χ4n) is 7.41. The average molecular weight is 571 g/mol. The summed E-state index contributed by atoms with van der Waals surface area (Å²) in [5.74, 6) is 0. The van der Waals surface area contributed by atoms with Crippen LogP contribution in [0.2, 0.25) is 0 Å². The summed E-state index contributed by atoms with van der Waals surface area (Å²) in [5, 5.41) is 12.8. The number of hydrogen-bond donors (Lipinski definition) is 0. The molecule has 0 nitrogen and oxygen atoms in total. The third-order valence-electron chi connectivity index (χ3n) is 9.50. The van der Waals surface area contributed by atoms with E-state index in [-0.39, 0.29) is 0 Å². The minimum Gasteiger partial charge on any atom is -0.0616 e. The monoisotopic (exact) mass is 570 g/mol. The first kappa shape index (κ1) is 25.7. The molecule has 0 saturated heterocycles. The summed E-state index contributed by atoms with van der Waals surface area (Å²) in [4.78, 5) is 0. The maximum Gasteiger partial charge on any atom is -0.00261 e. The molecule has 0 fully saturated rings. The van der Waals surface area contributed by atoms with Crippen molar-refractivity contribution in [2.75, 3.05) is 0 Å². The molecule has 0 radical (unpaired) electrons. The van der Waals surface area contributed by atoms with Gasteiger partial charge in [0.1, 0.15) is 0 Å². The molecule has 0 aromatic heterocycles. The summed E-state index contributed by atoms with van der Waals surface area (Å²) in [5.41, 5.74) is 8.92. The molecule has 0 atom stereocenters. The maximum absolute atomic E-state index is 2.42. The normalized spacial score (nSPS) is 11.7. The Morgan fingerprint density at radius 2 is 0.800 bits per heavy atom. The van der Waals surface area contributed by atoms with Crippen LogP contribution in [0.4, 0.5) is 0 Å². The lowest BCUT2D eigenvalue weighted by molar-refractivity contribution is 1.47. The highest BCUT2D eigenvalue weighted by atomic mass is 14.2. The zero-order valence-electron chi connectivity index (χ0n) is 25.1. The van der Waals surface area contributed by atoms with Gasteiger partial charge in [-0.2, -0.15) is 0 Å². The van der Waals surface area contributed by atoms with Gasteiger partial charge in [-0.1, -0.05) is 157 Å². The van der Waals surface area contributed by atoms with Crippen LogP contribution in [0, 0.1) is 6.92 Å². The summed E-state index contributed by atoms with van der Waals surface area (Å²) in [7, 11) is 0. The van der Waals surface area contributed by atoms with Gasteiger partial charge in [-0.3, -0.25) is 0 Å². The van der Waals surface area contributed by atoms with Crippen LogP contribution in [-0.2, 0) is 0 Å². The lowest BCUT2D eigenvalue weighted by Crippen LogP contribution is -1.91. The third-order valence-corrected chi connectivity index (χ3v) is 9.50. The Labute approximate surface area is 262 Å². The van der Waals surface area contributed by atoms with Gasteiger partial charge in [0, 0.05) is 0 Å². The second kappa shape index (κ2) is 10.2. The predicted octanol–water partition coefficient (Wildman–Crippen LogP) is 12.8. The van der Waals surface area contributed by atoms with E-state index in [0.717, 1.165) is 0 Å². The van der Waals surface area contributed by atoms with Gasteiger partial charge in [-0.25, -0.2) is 0 Å². The van der Waals surface area contributed by atoms with E-state index in [2.05, 4.69) is 171 Å². The molecule has 0 aliphatic heterocycles. The van der Waals surface area contributed by atoms with Crippen LogP contribution in [0.1, 0.15) is 5.56 Å². The first-order valence-corrected chi connectivity index (χ1v) is 15.7. The largest absolute Gasteiger partial charge is 0.0616 e. The highest BCUT2D eigenvalue weighted by Crippen LogP contribution is 2.45. The van der Waals surface area contributed by atoms with E-state index in [1.165, 1.54) is 92.8 Å². The van der Waals surface area contributed by atoms with Gasteiger partial charge < -0.3 is 0 Å². The first-order valence-electron chi connectivity index (χ1n) is 15.7. The number of benzene rings is 9. The van der Waals surface area contributed by atoms with Crippen molar-refractivity contribution in [3.63, 3.8) is 0 Å². The van der Waals surface area contributed by atoms with Crippen molar-refractivity contribution in [3.8, 4) is 33.4 Å². The molecule has 0 N–H and O–H groups in total. The van der Waals surface area contributed by atoms with Crippen LogP contribution < -0.4 is 0 Å². The van der Waals surface area contributed by atoms with Crippen molar-refractivity contribution in [3.05, 3.63) is 169 Å². The maximum atomic E-state index is 2.42. The molecule has 0 spiro atoms. The van der Waals surface area contributed by atoms with Crippen LogP contribution in [-0.4, -0.2) is 0 Å². The summed E-state index contributed by atoms with van der Waals surface area (Å²) >= 11 is 0. The summed E-state index contributed by atoms with van der Waals surface area (Å²) in [6.45, 7) is 2.15. The number of rotatable bonds is 3. The van der Waals surface area contributed by atoms with E-state index in [1.54, 1.807) is 0 Å². The van der Waals surface area contributed by atoms with Crippen molar-refractivity contribution in [2.24, 2.45) is 0 Å². The fourth-order valence-corrected chi connectivity index (χ4v) is 7.41. The minimum atomic E-state index is 1.24. The van der Waals surface area contributed by atoms with E-state index in [0.29, 0.717) is 0 Å². The van der Waals surface area contributed by atoms with Gasteiger partial charge in [-0.05, 0) is 106 Å². The summed E-state index contributed by atoms with van der Waals surface area (Å²) < 4.78 is 0. The molecule has 0 aliphatic rings. The van der Waals surface area contributed by atoms with E-state index in [1.807, 2.05) is 0 Å². The van der Waals surface area contributed by atoms with E-state index >= 15 is 0 Å². The smallest absolute Gasteiger partial charge is 0.00261 e. The summed E-state index contributed by atoms with van der Waals surface area (Å²) in [6.07, 6.45) is 0. The lowest BCUT2D eigenvalue weighted by atomic mass is 9.84. The van der Waals surface area contributed by atoms with Gasteiger partial charge in [-0.15, -0.1) is 0 Å². The Kier molecular flexibility index (Phi) is 5.83. The zero-order valence-corrected chi connectivity index (χ0v) is 25.1. The number of hydrogen-bond acceptors (Lipinski definition) is 0. The molecular formula is C45H30. The molecule has 0 saturated carbocycles. The van der Waals surface area contributed by atoms with Gasteiger partial charge >= 0.3 is 0 Å². The van der Waals surface area contributed by atoms with Gasteiger partial charge in [0.15, 0.2) is 0 Å². The van der Waals surface area contributed by atoms with Crippen molar-refractivity contribution in [1.82, 2.24) is 0 Å². The van der Waals surface area contributed by atoms with Gasteiger partial charge in [0.05, 0.1) is 0 Å². The molecule has 9 aromatic carbocycles. The molecule has 0 aliphatic carbocycles. The SMILES string of the molecule is Cc1ccc(-c2c3ccccc3c(-c3ccc4cc(-c5cccc6ccccc56)c5ccccc5c4c3)c3ccccc23)cc1. The highest BCUT2D eigenvalue weighted by molar-refractivity contribution is 6.23. The van der Waals surface area contributed by atoms with E-state index in [4.69, 9.17) is 0 Å². The lowest BCUT2D eigenvalue weighted by Gasteiger charge is -2.19. The number of aryl methyl sites for hydroxylation is 1. The van der Waals surface area contributed by atoms with Crippen molar-refractivity contribution in [2.45, 2.75) is 6.92 Å². The molecule has 0 heterocycles. The van der Waals surface area contributed by atoms with Crippen LogP contribution in [0.3, 0.4) is 0 Å². The van der Waals surface area contributed by atoms with Crippen LogP contribution in [0.25, 0.3) is 87.2 Å². The van der Waals surface area contributed by atoms with Crippen LogP contribution in [0.15, 0.2) is 164 Å². The topological polar surface area (TPSA) is 0 Å². The first-order chi connectivity index (χ1) is 22.2. The Morgan fingerprint density at radius 1 is 0.289 bits per heavy atom. The zero-order chi connectivity index (χ0) is 29.9. The minimum absolute atomic E-state index is 1.24. The molecule has 0 amide bonds. The van der Waals surface area contributed by atoms with Crippen molar-refractivity contribution in [1.29, 1.82) is 0 Å². The Balaban J connectivity index is 1.34. The second-order valence-corrected chi connectivity index (χ2v) is 12.1. The van der Waals surface area contributed by atoms with Crippen molar-refractivity contribution < 1.29 is 0 Å². The third kappa shape index (κ3) is 4.07. The Hall–Kier alpha value is -5.72. The number of fused-ring (bicyclic) bond motifs is 6. The fraction of sp³-hybridized carbons (Fsp3) is 0.0222. The van der Waals surface area contributed by atoms with Gasteiger partial charge in [0.25, 0.3) is 0 Å². The Morgan fingerprint density at radius 3 is 1.47 bits per heavy atom. The van der Waals surface area contributed by atoms with Crippen LogP contribution >= 0.6 is 0 Å². The molecule has 9 aromatic rings. The van der Waals surface area contributed by atoms with Crippen molar-refractivity contribution >= 4 is 53.9 Å². The highest BCUT2D eigenvalue weighted by Gasteiger charge is 2.18. The van der Waals surface area contributed by atoms with E-state index in [9.17, 15) is 0 Å². The van der Waals surface area contributed by atoms with Crippen LogP contribution in [0.5, 0.6) is 0 Å². The standard InChI is InChI=1S/C45H30/c1-29-21-23-31(24-22-29)44-38-16-6-8-18-40(38)45(41-19-9-7-17-39(41)44)33-26-25-32-27-43(37-15-5-4-14-36(37)42(32)28-33)35-20-10-12-30-11-2-3-13-34(30)35/h2-28H,1H3. The Bertz CT molecular complexity index is 2520. The quantitative estimate of drug-likeness (QED) is 0.146. The molecule has 210 valence electrons. The summed E-state index contributed by atoms with van der Waals surface area (Å²) in [6, 6.07) is 60.5. The molecule has 0 unspecified atom stereocenters. The van der Waals surface area contributed by atoms with E-state index < -0.39 is 0 Å². The average Bonchev–Trinajstić information content (AvgIpc) is 3.10. The second-order valence-electron chi connectivity index (χ2n) is 12.1. The van der Waals surface area contributed by atoms with Gasteiger partial charge in [0.2, 0.25) is 0 Å². The molecular weight excluding hydrogens is 540 g/mol. The molecule has 9 rings (SSSR count).